The van der Waals surface area contributed by atoms with E-state index in [1.54, 1.807) is 0 Å². The first-order chi connectivity index (χ1) is 16.8. The number of hydrogen-bond acceptors (Lipinski definition) is 5. The van der Waals surface area contributed by atoms with Gasteiger partial charge in [-0.25, -0.2) is 4.79 Å². The summed E-state index contributed by atoms with van der Waals surface area (Å²) in [5.74, 6) is -0.429. The van der Waals surface area contributed by atoms with E-state index in [-0.39, 0.29) is 12.5 Å². The summed E-state index contributed by atoms with van der Waals surface area (Å²) in [7, 11) is 0. The van der Waals surface area contributed by atoms with Crippen LogP contribution in [0.4, 0.5) is 0 Å². The summed E-state index contributed by atoms with van der Waals surface area (Å²) in [6.45, 7) is 7.89. The van der Waals surface area contributed by atoms with E-state index in [0.717, 1.165) is 25.2 Å². The lowest BCUT2D eigenvalue weighted by molar-refractivity contribution is -0.154. The number of unbranched alkanes of at least 4 members (excludes halogenated alkanes) is 11. The Morgan fingerprint density at radius 2 is 1.49 bits per heavy atom. The molecule has 7 nitrogen and oxygen atoms in total. The van der Waals surface area contributed by atoms with Crippen molar-refractivity contribution in [2.45, 2.75) is 135 Å². The van der Waals surface area contributed by atoms with Crippen LogP contribution in [0.15, 0.2) is 0 Å². The van der Waals surface area contributed by atoms with E-state index in [0.29, 0.717) is 32.6 Å². The molecule has 0 spiro atoms. The van der Waals surface area contributed by atoms with Crippen LogP contribution in [0, 0.1) is 5.92 Å². The molecule has 0 aromatic rings. The Kier molecular flexibility index (Phi) is 17.3. The maximum Gasteiger partial charge on any atom is 0.333 e. The number of aliphatic hydroxyl groups is 1. The first-order valence-electron chi connectivity index (χ1n) is 14.4. The summed E-state index contributed by atoms with van der Waals surface area (Å²) in [5.41, 5.74) is -0.741. The van der Waals surface area contributed by atoms with Crippen LogP contribution in [0.3, 0.4) is 0 Å². The van der Waals surface area contributed by atoms with Crippen LogP contribution in [-0.4, -0.2) is 65.1 Å². The fourth-order valence-corrected chi connectivity index (χ4v) is 5.02. The summed E-state index contributed by atoms with van der Waals surface area (Å²) in [5, 5.41) is 22.1. The van der Waals surface area contributed by atoms with Crippen molar-refractivity contribution in [1.29, 1.82) is 0 Å². The Morgan fingerprint density at radius 1 is 0.943 bits per heavy atom. The molecule has 35 heavy (non-hydrogen) atoms. The second-order valence-electron chi connectivity index (χ2n) is 10.9. The van der Waals surface area contributed by atoms with Crippen LogP contribution in [0.5, 0.6) is 0 Å². The zero-order valence-corrected chi connectivity index (χ0v) is 22.9. The van der Waals surface area contributed by atoms with E-state index in [4.69, 9.17) is 9.84 Å². The summed E-state index contributed by atoms with van der Waals surface area (Å²) in [4.78, 5) is 25.7. The molecular weight excluding hydrogens is 444 g/mol. The van der Waals surface area contributed by atoms with Crippen molar-refractivity contribution < 1.29 is 24.5 Å². The SMILES string of the molecule is CCCC1(NC(=O)CCCCCCCCCCCCCCC(C)C)COCCN1CC(O)C(=O)O. The first-order valence-corrected chi connectivity index (χ1v) is 14.4. The van der Waals surface area contributed by atoms with Gasteiger partial charge in [0, 0.05) is 19.5 Å². The van der Waals surface area contributed by atoms with Crippen LogP contribution in [-0.2, 0) is 14.3 Å². The number of aliphatic hydroxyl groups excluding tert-OH is 1. The smallest absolute Gasteiger partial charge is 0.333 e. The van der Waals surface area contributed by atoms with Gasteiger partial charge in [0.25, 0.3) is 0 Å². The fraction of sp³-hybridized carbons (Fsp3) is 0.929. The van der Waals surface area contributed by atoms with Gasteiger partial charge in [-0.3, -0.25) is 9.69 Å². The molecule has 1 rings (SSSR count). The molecule has 2 unspecified atom stereocenters. The molecule has 0 aromatic heterocycles. The zero-order valence-electron chi connectivity index (χ0n) is 22.9. The highest BCUT2D eigenvalue weighted by Crippen LogP contribution is 2.24. The van der Waals surface area contributed by atoms with E-state index in [2.05, 4.69) is 19.2 Å². The number of carboxylic acids is 1. The standard InChI is InChI=1S/C28H54N2O5/c1-4-19-28(23-35-21-20-30(28)22-25(31)27(33)34)29-26(32)18-16-14-12-10-8-6-5-7-9-11-13-15-17-24(2)3/h24-25,31H,4-23H2,1-3H3,(H,29,32)(H,33,34). The number of ether oxygens (including phenoxy) is 1. The van der Waals surface area contributed by atoms with Crippen molar-refractivity contribution in [2.24, 2.45) is 5.92 Å². The highest BCUT2D eigenvalue weighted by atomic mass is 16.5. The van der Waals surface area contributed by atoms with Gasteiger partial charge in [-0.15, -0.1) is 0 Å². The number of carbonyl (C=O) groups excluding carboxylic acids is 1. The molecule has 2 atom stereocenters. The van der Waals surface area contributed by atoms with Gasteiger partial charge >= 0.3 is 5.97 Å². The molecular formula is C28H54N2O5. The van der Waals surface area contributed by atoms with Crippen LogP contribution < -0.4 is 5.32 Å². The molecule has 3 N–H and O–H groups in total. The number of hydrogen-bond donors (Lipinski definition) is 3. The number of aliphatic carboxylic acids is 1. The van der Waals surface area contributed by atoms with Crippen LogP contribution in [0.25, 0.3) is 0 Å². The normalized spacial score (nSPS) is 19.7. The Balaban J connectivity index is 2.18. The van der Waals surface area contributed by atoms with Crippen LogP contribution in [0.1, 0.15) is 124 Å². The van der Waals surface area contributed by atoms with Gasteiger partial charge in [-0.1, -0.05) is 104 Å². The lowest BCUT2D eigenvalue weighted by Crippen LogP contribution is -2.67. The topological polar surface area (TPSA) is 99.1 Å². The maximum atomic E-state index is 12.7. The molecule has 0 aliphatic carbocycles. The number of amides is 1. The number of carboxylic acid groups (broad SMARTS) is 1. The van der Waals surface area contributed by atoms with Gasteiger partial charge in [-0.05, 0) is 18.8 Å². The molecule has 1 aliphatic heterocycles. The van der Waals surface area contributed by atoms with Crippen LogP contribution >= 0.6 is 0 Å². The van der Waals surface area contributed by atoms with E-state index in [1.807, 2.05) is 11.8 Å². The van der Waals surface area contributed by atoms with Crippen molar-refractivity contribution in [3.05, 3.63) is 0 Å². The van der Waals surface area contributed by atoms with Crippen molar-refractivity contribution in [3.8, 4) is 0 Å². The predicted octanol–water partition coefficient (Wildman–Crippen LogP) is 5.49. The third kappa shape index (κ3) is 14.2. The van der Waals surface area contributed by atoms with Gasteiger partial charge < -0.3 is 20.3 Å². The Morgan fingerprint density at radius 3 is 2.00 bits per heavy atom. The summed E-state index contributed by atoms with van der Waals surface area (Å²) in [6, 6.07) is 0. The van der Waals surface area contributed by atoms with Gasteiger partial charge in [0.05, 0.1) is 13.2 Å². The van der Waals surface area contributed by atoms with Crippen molar-refractivity contribution in [3.63, 3.8) is 0 Å². The predicted molar refractivity (Wildman–Crippen MR) is 141 cm³/mol. The van der Waals surface area contributed by atoms with Crippen molar-refractivity contribution in [2.75, 3.05) is 26.3 Å². The van der Waals surface area contributed by atoms with Gasteiger partial charge in [0.15, 0.2) is 6.10 Å². The molecule has 1 amide bonds. The molecule has 0 aromatic carbocycles. The number of carbonyl (C=O) groups is 2. The largest absolute Gasteiger partial charge is 0.479 e. The lowest BCUT2D eigenvalue weighted by Gasteiger charge is -2.47. The van der Waals surface area contributed by atoms with Crippen molar-refractivity contribution in [1.82, 2.24) is 10.2 Å². The number of rotatable bonds is 21. The second kappa shape index (κ2) is 19.0. The van der Waals surface area contributed by atoms with E-state index < -0.39 is 17.7 Å². The summed E-state index contributed by atoms with van der Waals surface area (Å²) >= 11 is 0. The third-order valence-corrected chi connectivity index (χ3v) is 7.10. The molecule has 1 fully saturated rings. The number of morpholine rings is 1. The van der Waals surface area contributed by atoms with E-state index in [1.165, 1.54) is 70.6 Å². The molecule has 0 saturated carbocycles. The van der Waals surface area contributed by atoms with E-state index >= 15 is 0 Å². The first kappa shape index (κ1) is 31.8. The minimum absolute atomic E-state index is 0.0168. The average molecular weight is 499 g/mol. The Labute approximate surface area is 214 Å². The summed E-state index contributed by atoms with van der Waals surface area (Å²) < 4.78 is 5.66. The molecule has 206 valence electrons. The monoisotopic (exact) mass is 498 g/mol. The molecule has 1 aliphatic rings. The summed E-state index contributed by atoms with van der Waals surface area (Å²) in [6.07, 6.45) is 17.0. The highest BCUT2D eigenvalue weighted by Gasteiger charge is 2.41. The third-order valence-electron chi connectivity index (χ3n) is 7.10. The lowest BCUT2D eigenvalue weighted by atomic mass is 9.99. The van der Waals surface area contributed by atoms with Crippen molar-refractivity contribution >= 4 is 11.9 Å². The number of β-amino-alcohol motifs (C(OH)–C–C–N with tert-alkyl or cyclic N) is 1. The highest BCUT2D eigenvalue weighted by molar-refractivity contribution is 5.76. The molecule has 0 radical (unpaired) electrons. The molecule has 7 heteroatoms. The Hall–Kier alpha value is -1.18. The molecule has 1 saturated heterocycles. The zero-order chi connectivity index (χ0) is 25.9. The minimum atomic E-state index is -1.48. The van der Waals surface area contributed by atoms with Gasteiger partial charge in [0.2, 0.25) is 5.91 Å². The Bertz CT molecular complexity index is 568. The quantitative estimate of drug-likeness (QED) is 0.181. The molecule has 1 heterocycles. The van der Waals surface area contributed by atoms with Gasteiger partial charge in [0.1, 0.15) is 5.66 Å². The maximum absolute atomic E-state index is 12.7. The number of nitrogens with one attached hydrogen (secondary N) is 1. The average Bonchev–Trinajstić information content (AvgIpc) is 2.80. The minimum Gasteiger partial charge on any atom is -0.479 e. The fourth-order valence-electron chi connectivity index (χ4n) is 5.02. The number of nitrogens with zero attached hydrogens (tertiary/aromatic N) is 1. The van der Waals surface area contributed by atoms with Crippen LogP contribution in [0.2, 0.25) is 0 Å². The molecule has 0 bridgehead atoms. The second-order valence-corrected chi connectivity index (χ2v) is 10.9. The van der Waals surface area contributed by atoms with Gasteiger partial charge in [-0.2, -0.15) is 0 Å². The van der Waals surface area contributed by atoms with E-state index in [9.17, 15) is 14.7 Å².